The van der Waals surface area contributed by atoms with E-state index in [1.807, 2.05) is 4.57 Å². The van der Waals surface area contributed by atoms with Crippen LogP contribution in [0.3, 0.4) is 0 Å². The second kappa shape index (κ2) is 5.49. The van der Waals surface area contributed by atoms with Crippen LogP contribution < -0.4 is 0 Å². The van der Waals surface area contributed by atoms with Crippen molar-refractivity contribution in [1.82, 2.24) is 9.55 Å². The highest BCUT2D eigenvalue weighted by atomic mass is 16.4. The molecule has 0 aliphatic heterocycles. The molecule has 0 saturated carbocycles. The standard InChI is InChI=1S/C14H16N2O2/c1-2-11-3-5-12(6-4-11)8-16-9-13(15-10-16)7-14(17)18/h3-6,9-10H,2,7-8H2,1H3,(H,17,18). The molecule has 1 N–H and O–H groups in total. The SMILES string of the molecule is CCc1ccc(Cn2cnc(CC(=O)O)c2)cc1. The number of imidazole rings is 1. The van der Waals surface area contributed by atoms with Gasteiger partial charge in [-0.15, -0.1) is 0 Å². The Kier molecular flexibility index (Phi) is 3.77. The van der Waals surface area contributed by atoms with Crippen LogP contribution in [0.5, 0.6) is 0 Å². The average molecular weight is 244 g/mol. The first-order chi connectivity index (χ1) is 8.67. The van der Waals surface area contributed by atoms with E-state index in [4.69, 9.17) is 5.11 Å². The Hall–Kier alpha value is -2.10. The number of aromatic nitrogens is 2. The molecule has 18 heavy (non-hydrogen) atoms. The van der Waals surface area contributed by atoms with Gasteiger partial charge in [-0.25, -0.2) is 4.98 Å². The van der Waals surface area contributed by atoms with Crippen molar-refractivity contribution in [3.63, 3.8) is 0 Å². The number of benzene rings is 1. The molecule has 0 aliphatic rings. The minimum atomic E-state index is -0.854. The maximum Gasteiger partial charge on any atom is 0.309 e. The van der Waals surface area contributed by atoms with Crippen molar-refractivity contribution >= 4 is 5.97 Å². The van der Waals surface area contributed by atoms with Crippen LogP contribution in [0.2, 0.25) is 0 Å². The molecule has 1 aromatic heterocycles. The molecular formula is C14H16N2O2. The van der Waals surface area contributed by atoms with Crippen LogP contribution in [0.4, 0.5) is 0 Å². The second-order valence-electron chi connectivity index (χ2n) is 4.28. The lowest BCUT2D eigenvalue weighted by Gasteiger charge is -2.03. The number of hydrogen-bond acceptors (Lipinski definition) is 2. The van der Waals surface area contributed by atoms with E-state index >= 15 is 0 Å². The summed E-state index contributed by atoms with van der Waals surface area (Å²) >= 11 is 0. The summed E-state index contributed by atoms with van der Waals surface area (Å²) in [7, 11) is 0. The molecule has 2 rings (SSSR count). The maximum atomic E-state index is 10.6. The fraction of sp³-hybridized carbons (Fsp3) is 0.286. The van der Waals surface area contributed by atoms with Crippen molar-refractivity contribution in [1.29, 1.82) is 0 Å². The Morgan fingerprint density at radius 3 is 2.56 bits per heavy atom. The normalized spacial score (nSPS) is 10.5. The van der Waals surface area contributed by atoms with Gasteiger partial charge >= 0.3 is 5.97 Å². The highest BCUT2D eigenvalue weighted by Crippen LogP contribution is 2.08. The smallest absolute Gasteiger partial charge is 0.309 e. The third kappa shape index (κ3) is 3.20. The van der Waals surface area contributed by atoms with E-state index in [1.54, 1.807) is 12.5 Å². The van der Waals surface area contributed by atoms with Gasteiger partial charge in [0.25, 0.3) is 0 Å². The van der Waals surface area contributed by atoms with E-state index in [-0.39, 0.29) is 6.42 Å². The van der Waals surface area contributed by atoms with E-state index in [1.165, 1.54) is 11.1 Å². The van der Waals surface area contributed by atoms with Crippen LogP contribution >= 0.6 is 0 Å². The third-order valence-electron chi connectivity index (χ3n) is 2.82. The van der Waals surface area contributed by atoms with Gasteiger partial charge in [-0.2, -0.15) is 0 Å². The fourth-order valence-electron chi connectivity index (χ4n) is 1.83. The van der Waals surface area contributed by atoms with Gasteiger partial charge in [-0.3, -0.25) is 4.79 Å². The molecule has 1 aromatic carbocycles. The summed E-state index contributed by atoms with van der Waals surface area (Å²) in [6.45, 7) is 2.85. The van der Waals surface area contributed by atoms with E-state index in [2.05, 4.69) is 36.2 Å². The van der Waals surface area contributed by atoms with Crippen LogP contribution in [0.25, 0.3) is 0 Å². The molecular weight excluding hydrogens is 228 g/mol. The van der Waals surface area contributed by atoms with Crippen LogP contribution in [0, 0.1) is 0 Å². The van der Waals surface area contributed by atoms with Gasteiger partial charge < -0.3 is 9.67 Å². The average Bonchev–Trinajstić information content (AvgIpc) is 2.76. The lowest BCUT2D eigenvalue weighted by Crippen LogP contribution is -2.00. The predicted octanol–water partition coefficient (Wildman–Crippen LogP) is 2.12. The Labute approximate surface area is 106 Å². The zero-order valence-electron chi connectivity index (χ0n) is 10.3. The number of carbonyl (C=O) groups is 1. The van der Waals surface area contributed by atoms with Crippen molar-refractivity contribution in [2.45, 2.75) is 26.3 Å². The highest BCUT2D eigenvalue weighted by Gasteiger charge is 2.04. The topological polar surface area (TPSA) is 55.1 Å². The minimum Gasteiger partial charge on any atom is -0.481 e. The summed E-state index contributed by atoms with van der Waals surface area (Å²) in [4.78, 5) is 14.6. The van der Waals surface area contributed by atoms with Crippen LogP contribution in [0.15, 0.2) is 36.8 Å². The number of nitrogens with zero attached hydrogens (tertiary/aromatic N) is 2. The van der Waals surface area contributed by atoms with Crippen LogP contribution in [-0.4, -0.2) is 20.6 Å². The van der Waals surface area contributed by atoms with Crippen molar-refractivity contribution in [2.75, 3.05) is 0 Å². The minimum absolute atomic E-state index is 0.0260. The van der Waals surface area contributed by atoms with Crippen molar-refractivity contribution in [2.24, 2.45) is 0 Å². The number of aryl methyl sites for hydroxylation is 1. The van der Waals surface area contributed by atoms with Crippen molar-refractivity contribution in [3.05, 3.63) is 53.6 Å². The molecule has 0 radical (unpaired) electrons. The molecule has 0 aliphatic carbocycles. The molecule has 0 atom stereocenters. The zero-order chi connectivity index (χ0) is 13.0. The number of carboxylic acids is 1. The summed E-state index contributed by atoms with van der Waals surface area (Å²) in [5.41, 5.74) is 3.09. The predicted molar refractivity (Wildman–Crippen MR) is 68.5 cm³/mol. The van der Waals surface area contributed by atoms with Crippen molar-refractivity contribution < 1.29 is 9.90 Å². The lowest BCUT2D eigenvalue weighted by molar-refractivity contribution is -0.136. The molecule has 0 saturated heterocycles. The monoisotopic (exact) mass is 244 g/mol. The molecule has 1 heterocycles. The quantitative estimate of drug-likeness (QED) is 0.876. The molecule has 2 aromatic rings. The Balaban J connectivity index is 2.03. The van der Waals surface area contributed by atoms with Gasteiger partial charge in [0, 0.05) is 12.7 Å². The zero-order valence-corrected chi connectivity index (χ0v) is 10.3. The molecule has 4 nitrogen and oxygen atoms in total. The Morgan fingerprint density at radius 2 is 1.94 bits per heavy atom. The molecule has 0 amide bonds. The summed E-state index contributed by atoms with van der Waals surface area (Å²) in [5, 5.41) is 8.67. The number of hydrogen-bond donors (Lipinski definition) is 1. The molecule has 0 bridgehead atoms. The largest absolute Gasteiger partial charge is 0.481 e. The Morgan fingerprint density at radius 1 is 1.28 bits per heavy atom. The third-order valence-corrected chi connectivity index (χ3v) is 2.82. The van der Waals surface area contributed by atoms with E-state index in [0.29, 0.717) is 5.69 Å². The summed E-state index contributed by atoms with van der Waals surface area (Å²) in [5.74, 6) is -0.854. The van der Waals surface area contributed by atoms with Crippen LogP contribution in [-0.2, 0) is 24.2 Å². The first-order valence-electron chi connectivity index (χ1n) is 5.97. The first-order valence-corrected chi connectivity index (χ1v) is 5.97. The van der Waals surface area contributed by atoms with E-state index in [0.717, 1.165) is 13.0 Å². The highest BCUT2D eigenvalue weighted by molar-refractivity contribution is 5.69. The molecule has 0 unspecified atom stereocenters. The molecule has 4 heteroatoms. The van der Waals surface area contributed by atoms with Gasteiger partial charge in [0.05, 0.1) is 18.4 Å². The van der Waals surface area contributed by atoms with Crippen molar-refractivity contribution in [3.8, 4) is 0 Å². The summed E-state index contributed by atoms with van der Waals surface area (Å²) < 4.78 is 1.90. The van der Waals surface area contributed by atoms with E-state index in [9.17, 15) is 4.79 Å². The summed E-state index contributed by atoms with van der Waals surface area (Å²) in [6, 6.07) is 8.42. The number of rotatable bonds is 5. The van der Waals surface area contributed by atoms with Crippen LogP contribution in [0.1, 0.15) is 23.7 Å². The van der Waals surface area contributed by atoms with Gasteiger partial charge in [0.2, 0.25) is 0 Å². The molecule has 94 valence electrons. The molecule has 0 fully saturated rings. The van der Waals surface area contributed by atoms with Gasteiger partial charge in [0.1, 0.15) is 0 Å². The van der Waals surface area contributed by atoms with Gasteiger partial charge in [-0.05, 0) is 17.5 Å². The van der Waals surface area contributed by atoms with E-state index < -0.39 is 5.97 Å². The van der Waals surface area contributed by atoms with Gasteiger partial charge in [0.15, 0.2) is 0 Å². The second-order valence-corrected chi connectivity index (χ2v) is 4.28. The Bertz CT molecular complexity index is 529. The summed E-state index contributed by atoms with van der Waals surface area (Å²) in [6.07, 6.45) is 4.46. The molecule has 0 spiro atoms. The lowest BCUT2D eigenvalue weighted by atomic mass is 10.1. The maximum absolute atomic E-state index is 10.6. The fourth-order valence-corrected chi connectivity index (χ4v) is 1.83. The first kappa shape index (κ1) is 12.4. The number of aliphatic carboxylic acids is 1. The van der Waals surface area contributed by atoms with Gasteiger partial charge in [-0.1, -0.05) is 31.2 Å². The number of carboxylic acid groups (broad SMARTS) is 1.